The largest absolute Gasteiger partial charge is 0.397 e. The topological polar surface area (TPSA) is 74.9 Å². The Morgan fingerprint density at radius 2 is 2.29 bits per heavy atom. The molecule has 4 nitrogen and oxygen atoms in total. The molecule has 0 aliphatic rings. The van der Waals surface area contributed by atoms with Gasteiger partial charge >= 0.3 is 0 Å². The van der Waals surface area contributed by atoms with Crippen LogP contribution in [0, 0.1) is 0 Å². The first-order valence-corrected chi connectivity index (χ1v) is 5.00. The fourth-order valence-electron chi connectivity index (χ4n) is 1.32. The molecule has 0 bridgehead atoms. The number of hydrogen-bond donors (Lipinski definition) is 3. The van der Waals surface area contributed by atoms with E-state index in [1.54, 1.807) is 13.0 Å². The molecule has 14 heavy (non-hydrogen) atoms. The van der Waals surface area contributed by atoms with Crippen molar-refractivity contribution in [3.05, 3.63) is 22.4 Å². The quantitative estimate of drug-likeness (QED) is 0.683. The number of nitrogens with one attached hydrogen (secondary N) is 1. The monoisotopic (exact) mass is 255 g/mol. The van der Waals surface area contributed by atoms with E-state index in [2.05, 4.69) is 25.9 Å². The number of aliphatic hydroxyl groups is 1. The maximum absolute atomic E-state index is 9.34. The number of hydrogen-bond acceptors (Lipinski definition) is 3. The molecular formula is C9H10BrN3O. The van der Waals surface area contributed by atoms with Gasteiger partial charge in [-0.05, 0) is 19.1 Å². The van der Waals surface area contributed by atoms with E-state index in [1.807, 2.05) is 6.07 Å². The van der Waals surface area contributed by atoms with Crippen molar-refractivity contribution >= 4 is 32.7 Å². The molecule has 1 heterocycles. The average molecular weight is 256 g/mol. The van der Waals surface area contributed by atoms with E-state index in [0.29, 0.717) is 17.0 Å². The van der Waals surface area contributed by atoms with Gasteiger partial charge in [-0.1, -0.05) is 15.9 Å². The van der Waals surface area contributed by atoms with Gasteiger partial charge in [-0.25, -0.2) is 4.98 Å². The predicted molar refractivity (Wildman–Crippen MR) is 58.8 cm³/mol. The van der Waals surface area contributed by atoms with Crippen LogP contribution in [-0.4, -0.2) is 15.1 Å². The van der Waals surface area contributed by atoms with E-state index in [1.165, 1.54) is 0 Å². The zero-order valence-corrected chi connectivity index (χ0v) is 9.17. The molecule has 1 atom stereocenters. The molecule has 0 aliphatic carbocycles. The first kappa shape index (κ1) is 9.48. The highest BCUT2D eigenvalue weighted by atomic mass is 79.9. The van der Waals surface area contributed by atoms with E-state index >= 15 is 0 Å². The van der Waals surface area contributed by atoms with Gasteiger partial charge in [0.2, 0.25) is 0 Å². The van der Waals surface area contributed by atoms with Crippen molar-refractivity contribution in [3.63, 3.8) is 0 Å². The van der Waals surface area contributed by atoms with Crippen molar-refractivity contribution in [1.29, 1.82) is 0 Å². The van der Waals surface area contributed by atoms with Crippen molar-refractivity contribution in [2.45, 2.75) is 13.0 Å². The molecule has 74 valence electrons. The van der Waals surface area contributed by atoms with E-state index in [0.717, 1.165) is 9.99 Å². The highest BCUT2D eigenvalue weighted by Gasteiger charge is 2.09. The fraction of sp³-hybridized carbons (Fsp3) is 0.222. The second-order valence-corrected chi connectivity index (χ2v) is 4.10. The number of aliphatic hydroxyl groups excluding tert-OH is 1. The van der Waals surface area contributed by atoms with Gasteiger partial charge in [-0.3, -0.25) is 0 Å². The van der Waals surface area contributed by atoms with Crippen LogP contribution in [0.2, 0.25) is 0 Å². The highest BCUT2D eigenvalue weighted by molar-refractivity contribution is 9.10. The van der Waals surface area contributed by atoms with Crippen LogP contribution in [0.5, 0.6) is 0 Å². The standard InChI is InChI=1S/C9H10BrN3O/c1-4(14)9-12-7-3-5(10)2-6(11)8(7)13-9/h2-4,14H,11H2,1H3,(H,12,13)/t4-/m0/s1. The number of halogens is 1. The Morgan fingerprint density at radius 3 is 2.93 bits per heavy atom. The van der Waals surface area contributed by atoms with E-state index in [9.17, 15) is 5.11 Å². The van der Waals surface area contributed by atoms with Crippen molar-refractivity contribution in [2.24, 2.45) is 0 Å². The molecule has 1 aromatic heterocycles. The lowest BCUT2D eigenvalue weighted by atomic mass is 10.3. The third-order valence-electron chi connectivity index (χ3n) is 1.99. The van der Waals surface area contributed by atoms with Crippen LogP contribution < -0.4 is 5.73 Å². The Balaban J connectivity index is 2.70. The van der Waals surface area contributed by atoms with Gasteiger partial charge in [0.15, 0.2) is 0 Å². The summed E-state index contributed by atoms with van der Waals surface area (Å²) < 4.78 is 0.892. The number of imidazole rings is 1. The van der Waals surface area contributed by atoms with Crippen molar-refractivity contribution in [1.82, 2.24) is 9.97 Å². The van der Waals surface area contributed by atoms with Gasteiger partial charge in [0.25, 0.3) is 0 Å². The molecule has 0 saturated heterocycles. The van der Waals surface area contributed by atoms with E-state index in [4.69, 9.17) is 5.73 Å². The predicted octanol–water partition coefficient (Wildman–Crippen LogP) is 1.96. The van der Waals surface area contributed by atoms with Gasteiger partial charge < -0.3 is 15.8 Å². The molecule has 0 spiro atoms. The van der Waals surface area contributed by atoms with Crippen LogP contribution >= 0.6 is 15.9 Å². The lowest BCUT2D eigenvalue weighted by Crippen LogP contribution is -1.92. The summed E-state index contributed by atoms with van der Waals surface area (Å²) in [5.74, 6) is 0.532. The highest BCUT2D eigenvalue weighted by Crippen LogP contribution is 2.25. The fourth-order valence-corrected chi connectivity index (χ4v) is 1.80. The summed E-state index contributed by atoms with van der Waals surface area (Å²) in [5.41, 5.74) is 7.90. The number of rotatable bonds is 1. The summed E-state index contributed by atoms with van der Waals surface area (Å²) in [6, 6.07) is 3.67. The first-order valence-electron chi connectivity index (χ1n) is 4.20. The molecule has 2 rings (SSSR count). The van der Waals surface area contributed by atoms with Crippen LogP contribution in [0.15, 0.2) is 16.6 Å². The van der Waals surface area contributed by atoms with E-state index < -0.39 is 6.10 Å². The number of H-pyrrole nitrogens is 1. The number of anilines is 1. The molecule has 4 N–H and O–H groups in total. The lowest BCUT2D eigenvalue weighted by Gasteiger charge is -1.95. The zero-order valence-electron chi connectivity index (χ0n) is 7.58. The maximum Gasteiger partial charge on any atom is 0.136 e. The molecular weight excluding hydrogens is 246 g/mol. The van der Waals surface area contributed by atoms with Gasteiger partial charge in [0, 0.05) is 4.47 Å². The Kier molecular flexibility index (Phi) is 2.20. The van der Waals surface area contributed by atoms with Crippen molar-refractivity contribution < 1.29 is 5.11 Å². The minimum atomic E-state index is -0.611. The third-order valence-corrected chi connectivity index (χ3v) is 2.45. The molecule has 0 unspecified atom stereocenters. The number of nitrogens with zero attached hydrogens (tertiary/aromatic N) is 1. The number of nitrogen functional groups attached to an aromatic ring is 1. The van der Waals surface area contributed by atoms with Gasteiger partial charge in [-0.15, -0.1) is 0 Å². The molecule has 1 aromatic carbocycles. The van der Waals surface area contributed by atoms with Crippen LogP contribution in [0.4, 0.5) is 5.69 Å². The molecule has 0 amide bonds. The molecule has 0 saturated carbocycles. The zero-order chi connectivity index (χ0) is 10.3. The normalized spacial score (nSPS) is 13.4. The molecule has 0 fully saturated rings. The number of benzene rings is 1. The van der Waals surface area contributed by atoms with Gasteiger partial charge in [-0.2, -0.15) is 0 Å². The average Bonchev–Trinajstić information content (AvgIpc) is 2.47. The van der Waals surface area contributed by atoms with Crippen LogP contribution in [0.1, 0.15) is 18.9 Å². The van der Waals surface area contributed by atoms with Crippen LogP contribution in [-0.2, 0) is 0 Å². The molecule has 0 aliphatic heterocycles. The second-order valence-electron chi connectivity index (χ2n) is 3.19. The Morgan fingerprint density at radius 1 is 1.57 bits per heavy atom. The smallest absolute Gasteiger partial charge is 0.136 e. The van der Waals surface area contributed by atoms with Crippen molar-refractivity contribution in [3.8, 4) is 0 Å². The molecule has 0 radical (unpaired) electrons. The summed E-state index contributed by atoms with van der Waals surface area (Å²) in [7, 11) is 0. The third kappa shape index (κ3) is 1.49. The lowest BCUT2D eigenvalue weighted by molar-refractivity contribution is 0.190. The van der Waals surface area contributed by atoms with Crippen LogP contribution in [0.3, 0.4) is 0 Å². The molecule has 2 aromatic rings. The number of aromatic amines is 1. The Bertz CT molecular complexity index is 478. The van der Waals surface area contributed by atoms with Gasteiger partial charge in [0.05, 0.1) is 11.2 Å². The Hall–Kier alpha value is -1.07. The minimum absolute atomic E-state index is 0.532. The summed E-state index contributed by atoms with van der Waals surface area (Å²) in [6.07, 6.45) is -0.611. The minimum Gasteiger partial charge on any atom is -0.397 e. The maximum atomic E-state index is 9.34. The second kappa shape index (κ2) is 3.25. The first-order chi connectivity index (χ1) is 6.58. The van der Waals surface area contributed by atoms with Crippen molar-refractivity contribution in [2.75, 3.05) is 5.73 Å². The summed E-state index contributed by atoms with van der Waals surface area (Å²) in [5, 5.41) is 9.34. The summed E-state index contributed by atoms with van der Waals surface area (Å²) in [4.78, 5) is 7.21. The SMILES string of the molecule is C[C@H](O)c1nc2c(N)cc(Br)cc2[nH]1. The van der Waals surface area contributed by atoms with Gasteiger partial charge in [0.1, 0.15) is 17.4 Å². The number of aromatic nitrogens is 2. The molecule has 5 heteroatoms. The number of fused-ring (bicyclic) bond motifs is 1. The summed E-state index contributed by atoms with van der Waals surface area (Å²) in [6.45, 7) is 1.66. The van der Waals surface area contributed by atoms with Crippen LogP contribution in [0.25, 0.3) is 11.0 Å². The Labute approximate surface area is 89.3 Å². The van der Waals surface area contributed by atoms with E-state index in [-0.39, 0.29) is 0 Å². The number of nitrogens with two attached hydrogens (primary N) is 1. The summed E-state index contributed by atoms with van der Waals surface area (Å²) >= 11 is 3.34.